The van der Waals surface area contributed by atoms with Crippen LogP contribution < -0.4 is 14.6 Å². The van der Waals surface area contributed by atoms with E-state index in [9.17, 15) is 34.2 Å². The minimum Gasteiger partial charge on any atom is -0.497 e. The van der Waals surface area contributed by atoms with Crippen LogP contribution in [-0.4, -0.2) is 91.0 Å². The van der Waals surface area contributed by atoms with Gasteiger partial charge in [0.15, 0.2) is 18.3 Å². The monoisotopic (exact) mass is 637 g/mol. The summed E-state index contributed by atoms with van der Waals surface area (Å²) >= 11 is 5.44. The molecule has 0 fully saturated rings. The molecule has 17 heteroatoms. The minimum absolute atomic E-state index is 0.0368. The molecule has 0 bridgehead atoms. The van der Waals surface area contributed by atoms with E-state index in [-0.39, 0.29) is 25.3 Å². The summed E-state index contributed by atoms with van der Waals surface area (Å²) in [6, 6.07) is 14.8. The summed E-state index contributed by atoms with van der Waals surface area (Å²) in [5.74, 6) is 1.12. The van der Waals surface area contributed by atoms with Crippen molar-refractivity contribution in [2.24, 2.45) is 5.10 Å². The summed E-state index contributed by atoms with van der Waals surface area (Å²) in [5.41, 5.74) is 1.87. The van der Waals surface area contributed by atoms with Gasteiger partial charge in [0.2, 0.25) is 17.7 Å². The van der Waals surface area contributed by atoms with Crippen LogP contribution in [0.3, 0.4) is 0 Å². The zero-order chi connectivity index (χ0) is 29.8. The molecule has 0 heterocycles. The molecular formula is C23H36N4O9P3S+3. The first kappa shape index (κ1) is 34.3. The van der Waals surface area contributed by atoms with E-state index in [0.717, 1.165) is 21.8 Å². The Morgan fingerprint density at radius 3 is 2.12 bits per heavy atom. The topological polar surface area (TPSA) is 188 Å². The zero-order valence-electron chi connectivity index (χ0n) is 22.1. The molecule has 2 rings (SSSR count). The molecule has 1 unspecified atom stereocenters. The molecule has 1 amide bonds. The van der Waals surface area contributed by atoms with Crippen molar-refractivity contribution >= 4 is 46.9 Å². The van der Waals surface area contributed by atoms with Crippen LogP contribution in [-0.2, 0) is 23.0 Å². The Bertz CT molecular complexity index is 1100. The van der Waals surface area contributed by atoms with E-state index in [1.165, 1.54) is 0 Å². The third-order valence-electron chi connectivity index (χ3n) is 5.23. The number of benzene rings is 2. The molecule has 0 aliphatic heterocycles. The Morgan fingerprint density at radius 1 is 1.00 bits per heavy atom. The molecule has 220 valence electrons. The van der Waals surface area contributed by atoms with E-state index in [1.807, 2.05) is 36.4 Å². The Kier molecular flexibility index (Phi) is 14.1. The van der Waals surface area contributed by atoms with Crippen LogP contribution in [0, 0.1) is 0 Å². The number of hydrogen-bond acceptors (Lipinski definition) is 12. The second-order valence-corrected chi connectivity index (χ2v) is 14.3. The van der Waals surface area contributed by atoms with Crippen molar-refractivity contribution in [2.45, 2.75) is 19.3 Å². The minimum atomic E-state index is -4.22. The molecule has 0 aliphatic carbocycles. The Hall–Kier alpha value is -1.92. The maximum atomic E-state index is 12.1. The lowest BCUT2D eigenvalue weighted by Crippen LogP contribution is -2.31. The van der Waals surface area contributed by atoms with Gasteiger partial charge in [0.05, 0.1) is 20.4 Å². The highest BCUT2D eigenvalue weighted by Crippen LogP contribution is 2.50. The van der Waals surface area contributed by atoms with Crippen molar-refractivity contribution in [1.82, 2.24) is 15.0 Å². The highest BCUT2D eigenvalue weighted by atomic mass is 32.4. The number of nitrogens with one attached hydrogen (secondary N) is 1. The second-order valence-electron chi connectivity index (χ2n) is 8.75. The van der Waals surface area contributed by atoms with Crippen molar-refractivity contribution in [3.63, 3.8) is 0 Å². The maximum absolute atomic E-state index is 12.1. The summed E-state index contributed by atoms with van der Waals surface area (Å²) in [6.45, 7) is 0.422. The van der Waals surface area contributed by atoms with Crippen molar-refractivity contribution in [1.29, 1.82) is 0 Å². The van der Waals surface area contributed by atoms with Gasteiger partial charge in [-0.05, 0) is 60.4 Å². The first-order chi connectivity index (χ1) is 18.7. The fourth-order valence-electron chi connectivity index (χ4n) is 3.37. The zero-order valence-corrected chi connectivity index (χ0v) is 25.6. The molecule has 0 spiro atoms. The lowest BCUT2D eigenvalue weighted by Gasteiger charge is -2.20. The molecule has 2 aromatic rings. The van der Waals surface area contributed by atoms with Crippen LogP contribution in [0.5, 0.6) is 11.5 Å². The van der Waals surface area contributed by atoms with E-state index >= 15 is 0 Å². The average molecular weight is 638 g/mol. The molecule has 1 atom stereocenters. The van der Waals surface area contributed by atoms with Gasteiger partial charge in [-0.1, -0.05) is 16.9 Å². The SMILES string of the molecule is COc1ccc(C=NN(C)[P+](=S)Oc2ccc(CCNC(=O)CCCN(C[P+](O)(O)O)C[P+](O)(O)O)cc2)cc1. The first-order valence-electron chi connectivity index (χ1n) is 12.0. The standard InChI is InChI=1S/C23H35N4O9P3S/c1-26(25-16-20-7-9-21(35-2)10-8-20)37(40)36-22-11-5-19(6-12-22)13-14-24-23(28)4-3-15-27(17-38(29,30)31)18-39(32,33)34/h5-12,16,29-34H,3-4,13-15,17-18H2,1-2H3/q+2/p+1. The quantitative estimate of drug-likeness (QED) is 0.0760. The van der Waals surface area contributed by atoms with Crippen LogP contribution in [0.15, 0.2) is 53.6 Å². The van der Waals surface area contributed by atoms with Crippen LogP contribution >= 0.6 is 23.0 Å². The predicted octanol–water partition coefficient (Wildman–Crippen LogP) is 1.95. The number of ether oxygens (including phenoxy) is 1. The molecule has 7 N–H and O–H groups in total. The normalized spacial score (nSPS) is 12.5. The van der Waals surface area contributed by atoms with Gasteiger partial charge >= 0.3 is 23.0 Å². The molecule has 0 saturated heterocycles. The third-order valence-corrected chi connectivity index (χ3v) is 8.66. The fraction of sp³-hybridized carbons (Fsp3) is 0.391. The van der Waals surface area contributed by atoms with E-state index < -0.39 is 35.5 Å². The van der Waals surface area contributed by atoms with Crippen LogP contribution in [0.1, 0.15) is 24.0 Å². The molecule has 2 aromatic carbocycles. The Morgan fingerprint density at radius 2 is 1.57 bits per heavy atom. The Labute approximate surface area is 240 Å². The maximum Gasteiger partial charge on any atom is 0.540 e. The highest BCUT2D eigenvalue weighted by molar-refractivity contribution is 8.02. The summed E-state index contributed by atoms with van der Waals surface area (Å²) < 4.78 is 12.6. The van der Waals surface area contributed by atoms with Gasteiger partial charge in [0, 0.05) is 19.5 Å². The molecule has 13 nitrogen and oxygen atoms in total. The van der Waals surface area contributed by atoms with Gasteiger partial charge in [-0.2, -0.15) is 29.4 Å². The smallest absolute Gasteiger partial charge is 0.497 e. The highest BCUT2D eigenvalue weighted by Gasteiger charge is 2.40. The van der Waals surface area contributed by atoms with E-state index in [0.29, 0.717) is 18.7 Å². The fourth-order valence-corrected chi connectivity index (χ4v) is 6.02. The number of hydrogen-bond donors (Lipinski definition) is 7. The number of methoxy groups -OCH3 is 1. The molecule has 0 saturated carbocycles. The van der Waals surface area contributed by atoms with Gasteiger partial charge in [-0.3, -0.25) is 9.32 Å². The number of hydrazone groups is 1. The van der Waals surface area contributed by atoms with Crippen molar-refractivity contribution in [2.75, 3.05) is 39.8 Å². The van der Waals surface area contributed by atoms with Gasteiger partial charge in [-0.25, -0.2) is 4.90 Å². The van der Waals surface area contributed by atoms with Crippen LogP contribution in [0.4, 0.5) is 0 Å². The molecular weight excluding hydrogens is 601 g/mol. The third kappa shape index (κ3) is 14.6. The molecule has 0 radical (unpaired) electrons. The van der Waals surface area contributed by atoms with Gasteiger partial charge in [0.1, 0.15) is 5.75 Å². The predicted molar refractivity (Wildman–Crippen MR) is 159 cm³/mol. The van der Waals surface area contributed by atoms with Crippen molar-refractivity contribution in [3.05, 3.63) is 59.7 Å². The molecule has 0 aliphatic rings. The Balaban J connectivity index is 1.72. The summed E-state index contributed by atoms with van der Waals surface area (Å²) in [5, 5.41) is 7.13. The van der Waals surface area contributed by atoms with Crippen LogP contribution in [0.25, 0.3) is 0 Å². The largest absolute Gasteiger partial charge is 0.540 e. The first-order valence-corrected chi connectivity index (χ1v) is 17.9. The summed E-state index contributed by atoms with van der Waals surface area (Å²) in [6.07, 6.45) is 1.30. The lowest BCUT2D eigenvalue weighted by atomic mass is 10.1. The van der Waals surface area contributed by atoms with Crippen molar-refractivity contribution < 1.29 is 43.4 Å². The second kappa shape index (κ2) is 16.5. The van der Waals surface area contributed by atoms with Gasteiger partial charge in [0.25, 0.3) is 0 Å². The number of carbonyl (C=O) groups excluding carboxylic acids is 1. The van der Waals surface area contributed by atoms with Crippen LogP contribution in [0.2, 0.25) is 0 Å². The number of amides is 1. The summed E-state index contributed by atoms with van der Waals surface area (Å²) in [4.78, 5) is 68.6. The number of nitrogens with zero attached hydrogens (tertiary/aromatic N) is 3. The van der Waals surface area contributed by atoms with E-state index in [4.69, 9.17) is 21.1 Å². The lowest BCUT2D eigenvalue weighted by molar-refractivity contribution is -0.121. The van der Waals surface area contributed by atoms with Gasteiger partial charge in [-0.15, -0.1) is 5.10 Å². The van der Waals surface area contributed by atoms with E-state index in [1.54, 1.807) is 37.3 Å². The van der Waals surface area contributed by atoms with Gasteiger partial charge < -0.3 is 10.1 Å². The number of rotatable bonds is 17. The van der Waals surface area contributed by atoms with E-state index in [2.05, 4.69) is 10.4 Å². The number of carbonyl (C=O) groups is 1. The molecule has 40 heavy (non-hydrogen) atoms. The molecule has 0 aromatic heterocycles. The van der Waals surface area contributed by atoms with Crippen molar-refractivity contribution in [3.8, 4) is 11.5 Å². The average Bonchev–Trinajstić information content (AvgIpc) is 2.86. The summed E-state index contributed by atoms with van der Waals surface area (Å²) in [7, 11) is -6.52.